The molecule has 34 heavy (non-hydrogen) atoms. The van der Waals surface area contributed by atoms with E-state index < -0.39 is 17.3 Å². The Morgan fingerprint density at radius 2 is 1.79 bits per heavy atom. The summed E-state index contributed by atoms with van der Waals surface area (Å²) >= 11 is 1.36. The lowest BCUT2D eigenvalue weighted by Crippen LogP contribution is -2.36. The van der Waals surface area contributed by atoms with Gasteiger partial charge in [-0.2, -0.15) is 13.2 Å². The second-order valence-corrected chi connectivity index (χ2v) is 9.66. The van der Waals surface area contributed by atoms with Crippen LogP contribution in [0.4, 0.5) is 13.2 Å². The van der Waals surface area contributed by atoms with E-state index in [0.717, 1.165) is 59.2 Å². The lowest BCUT2D eigenvalue weighted by molar-refractivity contribution is -0.137. The number of rotatable bonds is 11. The minimum atomic E-state index is -4.30. The van der Waals surface area contributed by atoms with Crippen LogP contribution in [0.2, 0.25) is 0 Å². The third-order valence-electron chi connectivity index (χ3n) is 5.54. The standard InChI is InChI=1S/C25H30F3N3O2S/c1-17-14-19(22-30-31-23(34-22)24(2,29)16-32)11-12-21(17)33-13-6-4-3-5-8-18-9-7-10-20(15-18)25(26,27)28/h7,9-12,14-15,32H,3-6,8,13,16,29H2,1-2H3/t24-/m0/s1. The maximum atomic E-state index is 12.8. The van der Waals surface area contributed by atoms with E-state index in [1.807, 2.05) is 25.1 Å². The molecule has 0 saturated heterocycles. The van der Waals surface area contributed by atoms with Crippen LogP contribution >= 0.6 is 11.3 Å². The van der Waals surface area contributed by atoms with E-state index in [1.54, 1.807) is 13.0 Å². The van der Waals surface area contributed by atoms with E-state index >= 15 is 0 Å². The van der Waals surface area contributed by atoms with Gasteiger partial charge in [-0.1, -0.05) is 42.4 Å². The maximum absolute atomic E-state index is 12.8. The van der Waals surface area contributed by atoms with E-state index in [4.69, 9.17) is 10.5 Å². The zero-order valence-electron chi connectivity index (χ0n) is 19.4. The maximum Gasteiger partial charge on any atom is 0.416 e. The second kappa shape index (κ2) is 11.3. The van der Waals surface area contributed by atoms with Gasteiger partial charge < -0.3 is 15.6 Å². The fourth-order valence-electron chi connectivity index (χ4n) is 3.45. The van der Waals surface area contributed by atoms with E-state index in [2.05, 4.69) is 10.2 Å². The molecule has 0 aliphatic carbocycles. The number of ether oxygens (including phenoxy) is 1. The summed E-state index contributed by atoms with van der Waals surface area (Å²) in [6.07, 6.45) is -0.0518. The van der Waals surface area contributed by atoms with Gasteiger partial charge in [0.05, 0.1) is 24.3 Å². The molecule has 2 aromatic carbocycles. The van der Waals surface area contributed by atoms with Crippen molar-refractivity contribution >= 4 is 11.3 Å². The Labute approximate surface area is 201 Å². The lowest BCUT2D eigenvalue weighted by atomic mass is 10.0. The third-order valence-corrected chi connectivity index (χ3v) is 6.79. The molecule has 0 bridgehead atoms. The van der Waals surface area contributed by atoms with Gasteiger partial charge in [-0.3, -0.25) is 0 Å². The van der Waals surface area contributed by atoms with Gasteiger partial charge in [-0.15, -0.1) is 10.2 Å². The molecular formula is C25H30F3N3O2S. The average Bonchev–Trinajstić information content (AvgIpc) is 3.30. The minimum absolute atomic E-state index is 0.210. The van der Waals surface area contributed by atoms with Gasteiger partial charge in [0.25, 0.3) is 0 Å². The summed E-state index contributed by atoms with van der Waals surface area (Å²) in [4.78, 5) is 0. The summed E-state index contributed by atoms with van der Waals surface area (Å²) in [5.41, 5.74) is 7.14. The highest BCUT2D eigenvalue weighted by Crippen LogP contribution is 2.32. The first-order chi connectivity index (χ1) is 16.1. The number of nitrogens with two attached hydrogens (primary N) is 1. The Morgan fingerprint density at radius 3 is 2.50 bits per heavy atom. The Morgan fingerprint density at radius 1 is 1.03 bits per heavy atom. The highest BCUT2D eigenvalue weighted by Gasteiger charge is 2.30. The highest BCUT2D eigenvalue weighted by molar-refractivity contribution is 7.14. The molecule has 0 aliphatic heterocycles. The number of unbranched alkanes of at least 4 members (excludes halogenated alkanes) is 3. The van der Waals surface area contributed by atoms with Crippen molar-refractivity contribution in [3.05, 3.63) is 64.2 Å². The number of halogens is 3. The molecule has 1 atom stereocenters. The van der Waals surface area contributed by atoms with E-state index in [9.17, 15) is 18.3 Å². The molecule has 1 heterocycles. The Bertz CT molecular complexity index is 1080. The van der Waals surface area contributed by atoms with Crippen molar-refractivity contribution in [2.75, 3.05) is 13.2 Å². The van der Waals surface area contributed by atoms with Crippen LogP contribution in [0, 0.1) is 6.92 Å². The molecule has 0 radical (unpaired) electrons. The van der Waals surface area contributed by atoms with Crippen molar-refractivity contribution in [1.29, 1.82) is 0 Å². The van der Waals surface area contributed by atoms with Crippen LogP contribution in [0.3, 0.4) is 0 Å². The summed E-state index contributed by atoms with van der Waals surface area (Å²) in [6, 6.07) is 11.4. The number of aliphatic hydroxyl groups is 1. The molecule has 184 valence electrons. The first kappa shape index (κ1) is 26.1. The van der Waals surface area contributed by atoms with Gasteiger partial charge in [0, 0.05) is 5.56 Å². The van der Waals surface area contributed by atoms with E-state index in [0.29, 0.717) is 18.0 Å². The number of alkyl halides is 3. The van der Waals surface area contributed by atoms with Crippen molar-refractivity contribution in [3.8, 4) is 16.3 Å². The lowest BCUT2D eigenvalue weighted by Gasteiger charge is -2.16. The molecule has 0 amide bonds. The summed E-state index contributed by atoms with van der Waals surface area (Å²) in [6.45, 7) is 4.05. The molecule has 0 saturated carbocycles. The summed E-state index contributed by atoms with van der Waals surface area (Å²) in [5.74, 6) is 0.802. The van der Waals surface area contributed by atoms with Crippen LogP contribution < -0.4 is 10.5 Å². The largest absolute Gasteiger partial charge is 0.493 e. The van der Waals surface area contributed by atoms with Crippen LogP contribution in [0.5, 0.6) is 5.75 Å². The average molecular weight is 494 g/mol. The minimum Gasteiger partial charge on any atom is -0.493 e. The molecule has 0 fully saturated rings. The van der Waals surface area contributed by atoms with Crippen molar-refractivity contribution in [2.24, 2.45) is 5.73 Å². The number of hydrogen-bond donors (Lipinski definition) is 2. The molecule has 3 N–H and O–H groups in total. The third kappa shape index (κ3) is 7.01. The number of aryl methyl sites for hydroxylation is 2. The molecule has 0 spiro atoms. The number of aliphatic hydroxyl groups excluding tert-OH is 1. The van der Waals surface area contributed by atoms with Gasteiger partial charge >= 0.3 is 6.18 Å². The van der Waals surface area contributed by atoms with Crippen LogP contribution in [-0.4, -0.2) is 28.5 Å². The van der Waals surface area contributed by atoms with Crippen LogP contribution in [-0.2, 0) is 18.1 Å². The SMILES string of the molecule is Cc1cc(-c2nnc([C@@](C)(N)CO)s2)ccc1OCCCCCCc1cccc(C(F)(F)F)c1. The molecule has 3 rings (SSSR count). The Kier molecular flexibility index (Phi) is 8.67. The van der Waals surface area contributed by atoms with Crippen molar-refractivity contribution in [2.45, 2.75) is 57.7 Å². The van der Waals surface area contributed by atoms with E-state index in [1.165, 1.54) is 23.5 Å². The number of benzene rings is 2. The number of hydrogen-bond acceptors (Lipinski definition) is 6. The fraction of sp³-hybridized carbons (Fsp3) is 0.440. The molecule has 0 aliphatic rings. The van der Waals surface area contributed by atoms with E-state index in [-0.39, 0.29) is 6.61 Å². The Balaban J connectivity index is 1.41. The molecule has 0 unspecified atom stereocenters. The summed E-state index contributed by atoms with van der Waals surface area (Å²) in [5, 5.41) is 19.0. The normalized spacial score (nSPS) is 13.6. The zero-order valence-corrected chi connectivity index (χ0v) is 20.2. The molecular weight excluding hydrogens is 463 g/mol. The van der Waals surface area contributed by atoms with Gasteiger partial charge in [0.1, 0.15) is 15.8 Å². The molecule has 5 nitrogen and oxygen atoms in total. The molecule has 1 aromatic heterocycles. The van der Waals surface area contributed by atoms with Crippen molar-refractivity contribution < 1.29 is 23.0 Å². The summed E-state index contributed by atoms with van der Waals surface area (Å²) < 4.78 is 44.3. The van der Waals surface area contributed by atoms with Crippen molar-refractivity contribution in [1.82, 2.24) is 10.2 Å². The predicted octanol–water partition coefficient (Wildman–Crippen LogP) is 5.88. The second-order valence-electron chi connectivity index (χ2n) is 8.68. The van der Waals surface area contributed by atoms with Gasteiger partial charge in [-0.25, -0.2) is 0 Å². The molecule has 3 aromatic rings. The monoisotopic (exact) mass is 493 g/mol. The fourth-order valence-corrected chi connectivity index (χ4v) is 4.34. The van der Waals surface area contributed by atoms with Gasteiger partial charge in [0.2, 0.25) is 0 Å². The predicted molar refractivity (Wildman–Crippen MR) is 128 cm³/mol. The number of nitrogens with zero attached hydrogens (tertiary/aromatic N) is 2. The molecule has 9 heteroatoms. The van der Waals surface area contributed by atoms with Crippen molar-refractivity contribution in [3.63, 3.8) is 0 Å². The van der Waals surface area contributed by atoms with Gasteiger partial charge in [-0.05, 0) is 68.5 Å². The van der Waals surface area contributed by atoms with Gasteiger partial charge in [0.15, 0.2) is 0 Å². The highest BCUT2D eigenvalue weighted by atomic mass is 32.1. The van der Waals surface area contributed by atoms with Crippen LogP contribution in [0.15, 0.2) is 42.5 Å². The Hall–Kier alpha value is -2.49. The smallest absolute Gasteiger partial charge is 0.416 e. The quantitative estimate of drug-likeness (QED) is 0.326. The van der Waals surface area contributed by atoms with Crippen LogP contribution in [0.1, 0.15) is 54.3 Å². The topological polar surface area (TPSA) is 81.3 Å². The summed E-state index contributed by atoms with van der Waals surface area (Å²) in [7, 11) is 0. The zero-order chi connectivity index (χ0) is 24.8. The first-order valence-corrected chi connectivity index (χ1v) is 12.1. The van der Waals surface area contributed by atoms with Crippen LogP contribution in [0.25, 0.3) is 10.6 Å². The first-order valence-electron chi connectivity index (χ1n) is 11.2. The number of aromatic nitrogens is 2.